The first-order chi connectivity index (χ1) is 8.31. The van der Waals surface area contributed by atoms with Gasteiger partial charge >= 0.3 is 0 Å². The minimum absolute atomic E-state index is 0.412. The Labute approximate surface area is 96.1 Å². The Bertz CT molecular complexity index is 647. The molecule has 17 heavy (non-hydrogen) atoms. The molecule has 3 heterocycles. The van der Waals surface area contributed by atoms with Crippen LogP contribution in [0.5, 0.6) is 11.6 Å². The van der Waals surface area contributed by atoms with Gasteiger partial charge in [-0.3, -0.25) is 4.98 Å². The number of fused-ring (bicyclic) bond motifs is 1. The molecular formula is C10H8N6O. The molecule has 0 aliphatic heterocycles. The molecule has 0 spiro atoms. The zero-order valence-electron chi connectivity index (χ0n) is 8.98. The minimum atomic E-state index is 0.412. The molecule has 0 radical (unpaired) electrons. The van der Waals surface area contributed by atoms with Crippen LogP contribution in [0.15, 0.2) is 30.5 Å². The number of aryl methyl sites for hydroxylation is 1. The molecule has 84 valence electrons. The lowest BCUT2D eigenvalue weighted by molar-refractivity contribution is 0.445. The maximum Gasteiger partial charge on any atom is 0.239 e. The third-order valence-corrected chi connectivity index (χ3v) is 2.15. The van der Waals surface area contributed by atoms with E-state index in [2.05, 4.69) is 25.6 Å². The van der Waals surface area contributed by atoms with Gasteiger partial charge in [0.25, 0.3) is 0 Å². The van der Waals surface area contributed by atoms with Crippen molar-refractivity contribution in [1.82, 2.24) is 30.2 Å². The average Bonchev–Trinajstić information content (AvgIpc) is 2.79. The minimum Gasteiger partial charge on any atom is -0.436 e. The molecule has 7 heteroatoms. The van der Waals surface area contributed by atoms with Crippen molar-refractivity contribution < 1.29 is 4.74 Å². The predicted octanol–water partition coefficient (Wildman–Crippen LogP) is 1.02. The standard InChI is InChI=1S/C10H8N6O/c1-7-2-3-8(6-11-7)17-10-5-4-9-12-14-15-16(9)13-10/h2-6H,1H3. The highest BCUT2D eigenvalue weighted by molar-refractivity contribution is 5.35. The molecule has 0 N–H and O–H groups in total. The summed E-state index contributed by atoms with van der Waals surface area (Å²) in [7, 11) is 0. The summed E-state index contributed by atoms with van der Waals surface area (Å²) in [5.74, 6) is 1.03. The molecule has 0 aromatic carbocycles. The SMILES string of the molecule is Cc1ccc(Oc2ccc3nnnn3n2)cn1. The number of hydrogen-bond donors (Lipinski definition) is 0. The maximum atomic E-state index is 5.52. The van der Waals surface area contributed by atoms with E-state index < -0.39 is 0 Å². The van der Waals surface area contributed by atoms with Crippen LogP contribution in [-0.4, -0.2) is 30.2 Å². The van der Waals surface area contributed by atoms with Gasteiger partial charge in [-0.1, -0.05) is 0 Å². The molecule has 0 aliphatic rings. The summed E-state index contributed by atoms with van der Waals surface area (Å²) in [5, 5.41) is 15.0. The van der Waals surface area contributed by atoms with Gasteiger partial charge in [0.1, 0.15) is 5.75 Å². The van der Waals surface area contributed by atoms with E-state index >= 15 is 0 Å². The third kappa shape index (κ3) is 1.89. The van der Waals surface area contributed by atoms with Gasteiger partial charge in [0.15, 0.2) is 5.65 Å². The monoisotopic (exact) mass is 228 g/mol. The number of tetrazole rings is 1. The van der Waals surface area contributed by atoms with Gasteiger partial charge in [0.2, 0.25) is 5.88 Å². The number of nitrogens with zero attached hydrogens (tertiary/aromatic N) is 6. The van der Waals surface area contributed by atoms with Gasteiger partial charge < -0.3 is 4.74 Å². The molecule has 7 nitrogen and oxygen atoms in total. The first-order valence-electron chi connectivity index (χ1n) is 4.97. The lowest BCUT2D eigenvalue weighted by Gasteiger charge is -2.03. The van der Waals surface area contributed by atoms with Gasteiger partial charge in [-0.15, -0.1) is 14.8 Å². The summed E-state index contributed by atoms with van der Waals surface area (Å²) in [6, 6.07) is 7.12. The Hall–Kier alpha value is -2.57. The van der Waals surface area contributed by atoms with E-state index in [-0.39, 0.29) is 0 Å². The fourth-order valence-electron chi connectivity index (χ4n) is 1.32. The van der Waals surface area contributed by atoms with Crippen molar-refractivity contribution in [2.45, 2.75) is 6.92 Å². The molecule has 0 amide bonds. The Morgan fingerprint density at radius 3 is 2.94 bits per heavy atom. The molecule has 3 aromatic heterocycles. The molecule has 3 aromatic rings. The van der Waals surface area contributed by atoms with Crippen molar-refractivity contribution in [1.29, 1.82) is 0 Å². The maximum absolute atomic E-state index is 5.52. The number of rotatable bonds is 2. The van der Waals surface area contributed by atoms with Crippen LogP contribution in [0.3, 0.4) is 0 Å². The van der Waals surface area contributed by atoms with E-state index in [1.807, 2.05) is 19.1 Å². The normalized spacial score (nSPS) is 10.6. The van der Waals surface area contributed by atoms with Gasteiger partial charge in [-0.2, -0.15) is 0 Å². The summed E-state index contributed by atoms with van der Waals surface area (Å²) in [4.78, 5) is 4.13. The van der Waals surface area contributed by atoms with E-state index in [1.54, 1.807) is 18.3 Å². The van der Waals surface area contributed by atoms with Crippen molar-refractivity contribution >= 4 is 5.65 Å². The van der Waals surface area contributed by atoms with Crippen LogP contribution in [-0.2, 0) is 0 Å². The Morgan fingerprint density at radius 2 is 2.12 bits per heavy atom. The van der Waals surface area contributed by atoms with Crippen molar-refractivity contribution in [3.8, 4) is 11.6 Å². The zero-order chi connectivity index (χ0) is 11.7. The Balaban J connectivity index is 1.91. The van der Waals surface area contributed by atoms with E-state index in [0.717, 1.165) is 5.69 Å². The molecule has 0 atom stereocenters. The second kappa shape index (κ2) is 3.78. The van der Waals surface area contributed by atoms with Crippen LogP contribution in [0.1, 0.15) is 5.69 Å². The van der Waals surface area contributed by atoms with Crippen LogP contribution in [0.25, 0.3) is 5.65 Å². The molecular weight excluding hydrogens is 220 g/mol. The molecule has 0 unspecified atom stereocenters. The lowest BCUT2D eigenvalue weighted by atomic mass is 10.4. The fourth-order valence-corrected chi connectivity index (χ4v) is 1.32. The zero-order valence-corrected chi connectivity index (χ0v) is 8.98. The molecule has 0 saturated carbocycles. The van der Waals surface area contributed by atoms with Crippen LogP contribution in [0.4, 0.5) is 0 Å². The van der Waals surface area contributed by atoms with E-state index in [9.17, 15) is 0 Å². The quantitative estimate of drug-likeness (QED) is 0.651. The summed E-state index contributed by atoms with van der Waals surface area (Å²) in [6.07, 6.45) is 1.64. The second-order valence-corrected chi connectivity index (χ2v) is 3.44. The molecule has 0 fully saturated rings. The summed E-state index contributed by atoms with van der Waals surface area (Å²) in [5.41, 5.74) is 1.50. The first-order valence-corrected chi connectivity index (χ1v) is 4.97. The molecule has 0 aliphatic carbocycles. The van der Waals surface area contributed by atoms with Crippen LogP contribution < -0.4 is 4.74 Å². The van der Waals surface area contributed by atoms with Gasteiger partial charge in [-0.05, 0) is 35.5 Å². The smallest absolute Gasteiger partial charge is 0.239 e. The van der Waals surface area contributed by atoms with Crippen LogP contribution in [0.2, 0.25) is 0 Å². The topological polar surface area (TPSA) is 78.1 Å². The van der Waals surface area contributed by atoms with Crippen molar-refractivity contribution in [2.75, 3.05) is 0 Å². The summed E-state index contributed by atoms with van der Waals surface area (Å²) in [6.45, 7) is 1.91. The van der Waals surface area contributed by atoms with E-state index in [1.165, 1.54) is 4.63 Å². The Kier molecular flexibility index (Phi) is 2.14. The summed E-state index contributed by atoms with van der Waals surface area (Å²) >= 11 is 0. The number of aromatic nitrogens is 6. The molecule has 0 saturated heterocycles. The summed E-state index contributed by atoms with van der Waals surface area (Å²) < 4.78 is 6.82. The average molecular weight is 228 g/mol. The predicted molar refractivity (Wildman–Crippen MR) is 57.6 cm³/mol. The molecule has 3 rings (SSSR count). The van der Waals surface area contributed by atoms with Gasteiger partial charge in [0, 0.05) is 11.8 Å². The first kappa shape index (κ1) is 9.64. The second-order valence-electron chi connectivity index (χ2n) is 3.44. The fraction of sp³-hybridized carbons (Fsp3) is 0.100. The lowest BCUT2D eigenvalue weighted by Crippen LogP contribution is -1.97. The van der Waals surface area contributed by atoms with E-state index in [0.29, 0.717) is 17.3 Å². The van der Waals surface area contributed by atoms with Gasteiger partial charge in [-0.25, -0.2) is 0 Å². The number of pyridine rings is 1. The van der Waals surface area contributed by atoms with Crippen LogP contribution in [0, 0.1) is 6.92 Å². The third-order valence-electron chi connectivity index (χ3n) is 2.15. The van der Waals surface area contributed by atoms with Gasteiger partial charge in [0.05, 0.1) is 6.20 Å². The largest absolute Gasteiger partial charge is 0.436 e. The molecule has 0 bridgehead atoms. The van der Waals surface area contributed by atoms with Crippen LogP contribution >= 0.6 is 0 Å². The van der Waals surface area contributed by atoms with E-state index in [4.69, 9.17) is 4.74 Å². The van der Waals surface area contributed by atoms with Crippen molar-refractivity contribution in [3.05, 3.63) is 36.2 Å². The number of ether oxygens (including phenoxy) is 1. The highest BCUT2D eigenvalue weighted by Gasteiger charge is 2.02. The highest BCUT2D eigenvalue weighted by Crippen LogP contribution is 2.17. The van der Waals surface area contributed by atoms with Crippen molar-refractivity contribution in [3.63, 3.8) is 0 Å². The Morgan fingerprint density at radius 1 is 1.18 bits per heavy atom. The number of hydrogen-bond acceptors (Lipinski definition) is 6. The van der Waals surface area contributed by atoms with Crippen molar-refractivity contribution in [2.24, 2.45) is 0 Å². The highest BCUT2D eigenvalue weighted by atomic mass is 16.5.